The lowest BCUT2D eigenvalue weighted by atomic mass is 9.64. The number of nitrogens with two attached hydrogens (primary N) is 1. The Morgan fingerprint density at radius 2 is 2.00 bits per heavy atom. The van der Waals surface area contributed by atoms with E-state index >= 15 is 0 Å². The van der Waals surface area contributed by atoms with Crippen LogP contribution in [-0.2, 0) is 4.79 Å². The molecule has 0 aromatic rings. The van der Waals surface area contributed by atoms with Crippen molar-refractivity contribution in [1.82, 2.24) is 5.32 Å². The molecule has 0 aromatic carbocycles. The third kappa shape index (κ3) is 2.38. The summed E-state index contributed by atoms with van der Waals surface area (Å²) < 4.78 is 0. The summed E-state index contributed by atoms with van der Waals surface area (Å²) in [5, 5.41) is 12.5. The third-order valence-electron chi connectivity index (χ3n) is 3.75. The molecule has 1 aliphatic carbocycles. The van der Waals surface area contributed by atoms with E-state index in [0.29, 0.717) is 6.42 Å². The molecule has 3 atom stereocenters. The van der Waals surface area contributed by atoms with Crippen LogP contribution >= 0.6 is 0 Å². The Labute approximate surface area is 97.6 Å². The predicted molar refractivity (Wildman–Crippen MR) is 63.8 cm³/mol. The van der Waals surface area contributed by atoms with Crippen LogP contribution in [0.3, 0.4) is 0 Å². The van der Waals surface area contributed by atoms with Gasteiger partial charge in [-0.25, -0.2) is 0 Å². The standard InChI is InChI=1S/C12H24N2O2/c1-11(2,3)9(13)10(16)14-7-6-8(15)12(7,4)5/h7-9,15H,6,13H2,1-5H3,(H,14,16)/t7?,8?,9-/m0/s1. The zero-order valence-corrected chi connectivity index (χ0v) is 10.9. The lowest BCUT2D eigenvalue weighted by molar-refractivity contribution is -0.132. The van der Waals surface area contributed by atoms with Gasteiger partial charge >= 0.3 is 0 Å². The van der Waals surface area contributed by atoms with Gasteiger partial charge in [0.05, 0.1) is 12.1 Å². The van der Waals surface area contributed by atoms with Crippen molar-refractivity contribution in [2.75, 3.05) is 0 Å². The molecule has 4 N–H and O–H groups in total. The van der Waals surface area contributed by atoms with Crippen molar-refractivity contribution >= 4 is 5.91 Å². The van der Waals surface area contributed by atoms with Gasteiger partial charge in [-0.3, -0.25) is 4.79 Å². The zero-order valence-electron chi connectivity index (χ0n) is 10.9. The molecule has 16 heavy (non-hydrogen) atoms. The van der Waals surface area contributed by atoms with Gasteiger partial charge in [-0.05, 0) is 11.8 Å². The van der Waals surface area contributed by atoms with Crippen LogP contribution in [0.15, 0.2) is 0 Å². The van der Waals surface area contributed by atoms with E-state index in [1.54, 1.807) is 0 Å². The van der Waals surface area contributed by atoms with Gasteiger partial charge in [0, 0.05) is 11.5 Å². The van der Waals surface area contributed by atoms with Gasteiger partial charge in [0.2, 0.25) is 5.91 Å². The summed E-state index contributed by atoms with van der Waals surface area (Å²) in [6.07, 6.45) is 0.291. The first kappa shape index (κ1) is 13.5. The fourth-order valence-electron chi connectivity index (χ4n) is 1.80. The second-order valence-electron chi connectivity index (χ2n) is 6.48. The van der Waals surface area contributed by atoms with Crippen LogP contribution < -0.4 is 11.1 Å². The average molecular weight is 228 g/mol. The second kappa shape index (κ2) is 4.00. The van der Waals surface area contributed by atoms with Gasteiger partial charge < -0.3 is 16.2 Å². The molecule has 4 nitrogen and oxygen atoms in total. The smallest absolute Gasteiger partial charge is 0.237 e. The maximum absolute atomic E-state index is 11.9. The minimum absolute atomic E-state index is 0.0309. The molecule has 0 heterocycles. The lowest BCUT2D eigenvalue weighted by Crippen LogP contribution is -2.64. The van der Waals surface area contributed by atoms with Crippen LogP contribution in [0.25, 0.3) is 0 Å². The van der Waals surface area contributed by atoms with E-state index in [1.165, 1.54) is 0 Å². The number of nitrogens with one attached hydrogen (secondary N) is 1. The molecule has 4 heteroatoms. The molecule has 0 spiro atoms. The van der Waals surface area contributed by atoms with Crippen molar-refractivity contribution in [2.45, 2.75) is 59.2 Å². The normalized spacial score (nSPS) is 30.4. The number of hydrogen-bond donors (Lipinski definition) is 3. The van der Waals surface area contributed by atoms with E-state index in [2.05, 4.69) is 5.32 Å². The Hall–Kier alpha value is -0.610. The van der Waals surface area contributed by atoms with Gasteiger partial charge in [-0.2, -0.15) is 0 Å². The van der Waals surface area contributed by atoms with Crippen LogP contribution in [-0.4, -0.2) is 29.2 Å². The highest BCUT2D eigenvalue weighted by Gasteiger charge is 2.48. The monoisotopic (exact) mass is 228 g/mol. The summed E-state index contributed by atoms with van der Waals surface area (Å²) in [4.78, 5) is 11.9. The van der Waals surface area contributed by atoms with Crippen LogP contribution in [0.2, 0.25) is 0 Å². The van der Waals surface area contributed by atoms with E-state index in [1.807, 2.05) is 34.6 Å². The Morgan fingerprint density at radius 1 is 1.50 bits per heavy atom. The van der Waals surface area contributed by atoms with Crippen LogP contribution in [0.1, 0.15) is 41.0 Å². The molecular formula is C12H24N2O2. The van der Waals surface area contributed by atoms with Crippen molar-refractivity contribution in [1.29, 1.82) is 0 Å². The molecule has 1 rings (SSSR count). The molecule has 94 valence electrons. The van der Waals surface area contributed by atoms with Crippen molar-refractivity contribution in [2.24, 2.45) is 16.6 Å². The number of aliphatic hydroxyl groups excluding tert-OH is 1. The van der Waals surface area contributed by atoms with E-state index in [9.17, 15) is 9.90 Å². The molecule has 1 fully saturated rings. The van der Waals surface area contributed by atoms with Crippen LogP contribution in [0, 0.1) is 10.8 Å². The molecule has 0 saturated heterocycles. The third-order valence-corrected chi connectivity index (χ3v) is 3.75. The van der Waals surface area contributed by atoms with E-state index < -0.39 is 6.04 Å². The number of carbonyl (C=O) groups is 1. The minimum Gasteiger partial charge on any atom is -0.392 e. The largest absolute Gasteiger partial charge is 0.392 e. The number of hydrogen-bond acceptors (Lipinski definition) is 3. The first-order valence-corrected chi connectivity index (χ1v) is 5.81. The molecule has 1 saturated carbocycles. The molecular weight excluding hydrogens is 204 g/mol. The second-order valence-corrected chi connectivity index (χ2v) is 6.48. The zero-order chi connectivity index (χ0) is 12.7. The summed E-state index contributed by atoms with van der Waals surface area (Å²) >= 11 is 0. The van der Waals surface area contributed by atoms with Crippen molar-refractivity contribution in [3.63, 3.8) is 0 Å². The first-order valence-electron chi connectivity index (χ1n) is 5.81. The molecule has 0 aromatic heterocycles. The highest BCUT2D eigenvalue weighted by Crippen LogP contribution is 2.40. The Balaban J connectivity index is 2.54. The maximum atomic E-state index is 11.9. The summed E-state index contributed by atoms with van der Waals surface area (Å²) in [5.74, 6) is -0.127. The Kier molecular flexibility index (Phi) is 3.37. The molecule has 0 bridgehead atoms. The summed E-state index contributed by atoms with van der Waals surface area (Å²) in [6.45, 7) is 9.73. The number of carbonyl (C=O) groups excluding carboxylic acids is 1. The number of amides is 1. The van der Waals surface area contributed by atoms with E-state index in [-0.39, 0.29) is 28.9 Å². The first-order chi connectivity index (χ1) is 7.06. The molecule has 0 radical (unpaired) electrons. The highest BCUT2D eigenvalue weighted by atomic mass is 16.3. The summed E-state index contributed by atoms with van der Waals surface area (Å²) in [7, 11) is 0. The topological polar surface area (TPSA) is 75.3 Å². The predicted octanol–water partition coefficient (Wildman–Crippen LogP) is 0.635. The fraction of sp³-hybridized carbons (Fsp3) is 0.917. The van der Waals surface area contributed by atoms with Gasteiger partial charge in [0.1, 0.15) is 0 Å². The minimum atomic E-state index is -0.513. The number of aliphatic hydroxyl groups is 1. The van der Waals surface area contributed by atoms with Gasteiger partial charge in [-0.15, -0.1) is 0 Å². The molecule has 2 unspecified atom stereocenters. The lowest BCUT2D eigenvalue weighted by Gasteiger charge is -2.49. The van der Waals surface area contributed by atoms with Crippen molar-refractivity contribution < 1.29 is 9.90 Å². The molecule has 1 aliphatic rings. The average Bonchev–Trinajstić information content (AvgIpc) is 2.14. The van der Waals surface area contributed by atoms with Crippen molar-refractivity contribution in [3.05, 3.63) is 0 Å². The fourth-order valence-corrected chi connectivity index (χ4v) is 1.80. The summed E-state index contributed by atoms with van der Waals surface area (Å²) in [5.41, 5.74) is 5.39. The van der Waals surface area contributed by atoms with E-state index in [0.717, 1.165) is 0 Å². The van der Waals surface area contributed by atoms with Gasteiger partial charge in [0.25, 0.3) is 0 Å². The van der Waals surface area contributed by atoms with E-state index in [4.69, 9.17) is 5.73 Å². The van der Waals surface area contributed by atoms with Crippen LogP contribution in [0.4, 0.5) is 0 Å². The molecule has 0 aliphatic heterocycles. The highest BCUT2D eigenvalue weighted by molar-refractivity contribution is 5.82. The SMILES string of the molecule is CC1(C)C(O)CC1NC(=O)[C@H](N)C(C)(C)C. The number of rotatable bonds is 2. The molecule has 1 amide bonds. The quantitative estimate of drug-likeness (QED) is 0.649. The van der Waals surface area contributed by atoms with Gasteiger partial charge in [-0.1, -0.05) is 34.6 Å². The maximum Gasteiger partial charge on any atom is 0.237 e. The summed E-state index contributed by atoms with van der Waals surface area (Å²) in [6, 6.07) is -0.482. The Morgan fingerprint density at radius 3 is 2.31 bits per heavy atom. The Bertz CT molecular complexity index is 281. The van der Waals surface area contributed by atoms with Crippen LogP contribution in [0.5, 0.6) is 0 Å². The van der Waals surface area contributed by atoms with Crippen molar-refractivity contribution in [3.8, 4) is 0 Å². The van der Waals surface area contributed by atoms with Gasteiger partial charge in [0.15, 0.2) is 0 Å².